The Labute approximate surface area is 345 Å². The van der Waals surface area contributed by atoms with Gasteiger partial charge in [0.25, 0.3) is 0 Å². The molecular formula is C43H52F3N9O5. The number of halogens is 3. The van der Waals surface area contributed by atoms with Crippen LogP contribution >= 0.6 is 0 Å². The third-order valence-corrected chi connectivity index (χ3v) is 12.2. The van der Waals surface area contributed by atoms with Crippen molar-refractivity contribution >= 4 is 39.8 Å². The van der Waals surface area contributed by atoms with Crippen LogP contribution in [0.3, 0.4) is 0 Å². The number of fused-ring (bicyclic) bond motifs is 2. The fourth-order valence-corrected chi connectivity index (χ4v) is 8.82. The van der Waals surface area contributed by atoms with Gasteiger partial charge in [0.1, 0.15) is 11.7 Å². The van der Waals surface area contributed by atoms with Crippen molar-refractivity contribution in [2.45, 2.75) is 82.3 Å². The van der Waals surface area contributed by atoms with E-state index in [0.717, 1.165) is 79.7 Å². The maximum Gasteiger partial charge on any atom is 0.390 e. The Bertz CT molecular complexity index is 2390. The highest BCUT2D eigenvalue weighted by Gasteiger charge is 2.32. The van der Waals surface area contributed by atoms with Gasteiger partial charge < -0.3 is 19.7 Å². The van der Waals surface area contributed by atoms with Crippen molar-refractivity contribution in [3.05, 3.63) is 76.5 Å². The van der Waals surface area contributed by atoms with Crippen molar-refractivity contribution in [3.63, 3.8) is 0 Å². The Morgan fingerprint density at radius 1 is 0.933 bits per heavy atom. The molecule has 3 fully saturated rings. The second-order valence-corrected chi connectivity index (χ2v) is 16.3. The summed E-state index contributed by atoms with van der Waals surface area (Å²) in [5.74, 6) is -0.598. The number of piperazine rings is 1. The number of anilines is 1. The Balaban J connectivity index is 0.831. The molecule has 3 aromatic heterocycles. The molecule has 2 saturated heterocycles. The zero-order chi connectivity index (χ0) is 42.0. The molecule has 0 unspecified atom stereocenters. The molecule has 2 amide bonds. The molecule has 17 heteroatoms. The number of nitrogens with one attached hydrogen (secondary N) is 2. The first-order valence-corrected chi connectivity index (χ1v) is 20.9. The second-order valence-electron chi connectivity index (χ2n) is 16.3. The van der Waals surface area contributed by atoms with E-state index >= 15 is 0 Å². The number of carbonyl (C=O) groups is 2. The number of imide groups is 1. The maximum atomic E-state index is 13.1. The van der Waals surface area contributed by atoms with Crippen molar-refractivity contribution in [3.8, 4) is 11.1 Å². The highest BCUT2D eigenvalue weighted by atomic mass is 19.4. The largest absolute Gasteiger partial charge is 0.393 e. The average molecular weight is 832 g/mol. The van der Waals surface area contributed by atoms with E-state index in [1.807, 2.05) is 18.2 Å². The molecule has 60 heavy (non-hydrogen) atoms. The molecule has 5 aromatic rings. The summed E-state index contributed by atoms with van der Waals surface area (Å²) in [6.45, 7) is 6.18. The van der Waals surface area contributed by atoms with Crippen molar-refractivity contribution in [1.29, 1.82) is 0 Å². The van der Waals surface area contributed by atoms with Gasteiger partial charge in [-0.25, -0.2) is 9.78 Å². The predicted octanol–water partition coefficient (Wildman–Crippen LogP) is 4.95. The van der Waals surface area contributed by atoms with E-state index < -0.39 is 24.5 Å². The highest BCUT2D eigenvalue weighted by molar-refractivity contribution is 6.00. The number of hydrogen-bond donors (Lipinski definition) is 3. The number of aromatic nitrogens is 5. The molecular weight excluding hydrogens is 780 g/mol. The molecule has 1 aliphatic carbocycles. The number of imidazole rings is 1. The Kier molecular flexibility index (Phi) is 12.4. The van der Waals surface area contributed by atoms with Crippen LogP contribution < -0.4 is 16.3 Å². The molecule has 320 valence electrons. The number of ether oxygens (including phenoxy) is 1. The minimum absolute atomic E-state index is 0.120. The van der Waals surface area contributed by atoms with Crippen LogP contribution in [-0.2, 0) is 34.3 Å². The second kappa shape index (κ2) is 17.9. The molecule has 3 aliphatic rings. The van der Waals surface area contributed by atoms with Crippen molar-refractivity contribution in [2.75, 3.05) is 57.8 Å². The fourth-order valence-electron chi connectivity index (χ4n) is 8.82. The molecule has 2 aliphatic heterocycles. The van der Waals surface area contributed by atoms with Crippen molar-refractivity contribution in [2.24, 2.45) is 7.05 Å². The van der Waals surface area contributed by atoms with Crippen LogP contribution in [0.1, 0.15) is 68.2 Å². The smallest absolute Gasteiger partial charge is 0.390 e. The fraction of sp³-hybridized carbons (Fsp3) is 0.512. The highest BCUT2D eigenvalue weighted by Crippen LogP contribution is 2.37. The summed E-state index contributed by atoms with van der Waals surface area (Å²) in [4.78, 5) is 51.2. The number of aryl methyl sites for hydroxylation is 1. The number of carbonyl (C=O) groups excluding carboxylic acids is 2. The van der Waals surface area contributed by atoms with Gasteiger partial charge in [0.2, 0.25) is 17.8 Å². The van der Waals surface area contributed by atoms with Crippen LogP contribution in [0.25, 0.3) is 33.2 Å². The number of aliphatic hydroxyl groups is 1. The van der Waals surface area contributed by atoms with E-state index in [2.05, 4.69) is 60.4 Å². The first kappa shape index (κ1) is 41.6. The van der Waals surface area contributed by atoms with Gasteiger partial charge >= 0.3 is 11.9 Å². The van der Waals surface area contributed by atoms with Gasteiger partial charge in [0, 0.05) is 88.7 Å². The summed E-state index contributed by atoms with van der Waals surface area (Å²) in [6, 6.07) is 13.7. The monoisotopic (exact) mass is 831 g/mol. The number of amides is 2. The number of benzene rings is 2. The van der Waals surface area contributed by atoms with Crippen molar-refractivity contribution in [1.82, 2.24) is 38.8 Å². The summed E-state index contributed by atoms with van der Waals surface area (Å²) in [6.07, 6.45) is 2.36. The minimum atomic E-state index is -4.27. The Morgan fingerprint density at radius 3 is 2.48 bits per heavy atom. The number of alkyl halides is 3. The van der Waals surface area contributed by atoms with Gasteiger partial charge in [0.15, 0.2) is 0 Å². The first-order chi connectivity index (χ1) is 28.9. The molecule has 8 rings (SSSR count). The normalized spacial score (nSPS) is 20.9. The number of aliphatic hydroxyl groups excluding tert-OH is 1. The van der Waals surface area contributed by atoms with E-state index in [0.29, 0.717) is 50.1 Å². The third-order valence-electron chi connectivity index (χ3n) is 12.2. The zero-order valence-corrected chi connectivity index (χ0v) is 33.8. The van der Waals surface area contributed by atoms with Crippen LogP contribution in [0, 0.1) is 0 Å². The summed E-state index contributed by atoms with van der Waals surface area (Å²) >= 11 is 0. The van der Waals surface area contributed by atoms with Crippen molar-refractivity contribution < 1.29 is 32.6 Å². The predicted molar refractivity (Wildman–Crippen MR) is 220 cm³/mol. The van der Waals surface area contributed by atoms with Crippen LogP contribution in [-0.4, -0.2) is 115 Å². The van der Waals surface area contributed by atoms with Gasteiger partial charge in [-0.15, -0.1) is 0 Å². The lowest BCUT2D eigenvalue weighted by molar-refractivity contribution is -0.136. The number of piperidine rings is 1. The molecule has 0 radical (unpaired) electrons. The maximum absolute atomic E-state index is 13.1. The average Bonchev–Trinajstić information content (AvgIpc) is 3.72. The molecule has 1 atom stereocenters. The lowest BCUT2D eigenvalue weighted by atomic mass is 9.93. The molecule has 3 N–H and O–H groups in total. The third kappa shape index (κ3) is 9.43. The van der Waals surface area contributed by atoms with E-state index in [-0.39, 0.29) is 42.7 Å². The Hall–Kier alpha value is -5.10. The lowest BCUT2D eigenvalue weighted by Gasteiger charge is -2.34. The minimum Gasteiger partial charge on any atom is -0.393 e. The van der Waals surface area contributed by atoms with Crippen LogP contribution in [0.5, 0.6) is 0 Å². The quantitative estimate of drug-likeness (QED) is 0.104. The topological polar surface area (TPSA) is 152 Å². The van der Waals surface area contributed by atoms with Gasteiger partial charge in [-0.1, -0.05) is 24.3 Å². The molecule has 14 nitrogen and oxygen atoms in total. The standard InChI is InChI=1S/C43H52F3N9O5/c1-51-37-24-28(5-10-35(37)55(42(51)59)36-11-12-38(57)49-40(36)58)13-21-60-22-20-52-16-18-53(19-17-52)26-29-3-2-4-30(23-29)34-27-54(31-6-8-32(56)9-7-31)39-33(34)25-48-41(50-39)47-15-14-43(44,45)46/h2-5,10,23-25,27,31-32,36,56H,6-9,11-22,26H2,1H3,(H,47,48,50)(H,49,57,58)/t31-,32-,36-/m0/s1. The molecule has 2 aromatic carbocycles. The lowest BCUT2D eigenvalue weighted by Crippen LogP contribution is -2.46. The summed E-state index contributed by atoms with van der Waals surface area (Å²) in [5, 5.41) is 16.1. The molecule has 5 heterocycles. The van der Waals surface area contributed by atoms with E-state index in [4.69, 9.17) is 9.72 Å². The van der Waals surface area contributed by atoms with Crippen LogP contribution in [0.4, 0.5) is 19.1 Å². The summed E-state index contributed by atoms with van der Waals surface area (Å²) in [5.41, 5.74) is 6.01. The molecule has 0 spiro atoms. The number of nitrogens with zero attached hydrogens (tertiary/aromatic N) is 7. The Morgan fingerprint density at radius 2 is 1.72 bits per heavy atom. The van der Waals surface area contributed by atoms with Gasteiger partial charge in [-0.3, -0.25) is 33.8 Å². The number of rotatable bonds is 14. The SMILES string of the molecule is Cn1c(=O)n([C@H]2CCC(=O)NC2=O)c2ccc(CCOCCN3CCN(Cc4cccc(-c5cn([C@H]6CC[C@H](O)CC6)c6nc(NCCC(F)(F)F)ncc56)c4)CC3)cc21. The zero-order valence-electron chi connectivity index (χ0n) is 33.8. The van der Waals surface area contributed by atoms with Gasteiger partial charge in [0.05, 0.1) is 36.8 Å². The number of hydrogen-bond acceptors (Lipinski definition) is 10. The van der Waals surface area contributed by atoms with E-state index in [9.17, 15) is 32.7 Å². The van der Waals surface area contributed by atoms with Crippen LogP contribution in [0.2, 0.25) is 0 Å². The van der Waals surface area contributed by atoms with E-state index in [1.165, 1.54) is 10.1 Å². The first-order valence-electron chi connectivity index (χ1n) is 20.9. The molecule has 1 saturated carbocycles. The van der Waals surface area contributed by atoms with Gasteiger partial charge in [-0.2, -0.15) is 18.2 Å². The van der Waals surface area contributed by atoms with Crippen LogP contribution in [0.15, 0.2) is 59.7 Å². The molecule has 0 bridgehead atoms. The van der Waals surface area contributed by atoms with Gasteiger partial charge in [-0.05, 0) is 73.4 Å². The summed E-state index contributed by atoms with van der Waals surface area (Å²) < 4.78 is 49.6. The summed E-state index contributed by atoms with van der Waals surface area (Å²) in [7, 11) is 1.69. The van der Waals surface area contributed by atoms with E-state index in [1.54, 1.807) is 17.8 Å².